The van der Waals surface area contributed by atoms with Gasteiger partial charge in [0.25, 0.3) is 0 Å². The number of ether oxygens (including phenoxy) is 1. The molecule has 3 atom stereocenters. The molecule has 2 aliphatic rings. The molecular formula is C11H20OS. The van der Waals surface area contributed by atoms with E-state index in [1.54, 1.807) is 0 Å². The molecule has 1 saturated carbocycles. The van der Waals surface area contributed by atoms with Crippen LogP contribution in [0.5, 0.6) is 0 Å². The van der Waals surface area contributed by atoms with Crippen molar-refractivity contribution in [2.45, 2.75) is 56.1 Å². The van der Waals surface area contributed by atoms with Crippen molar-refractivity contribution in [1.29, 1.82) is 0 Å². The predicted octanol–water partition coefficient (Wildman–Crippen LogP) is 3.43. The van der Waals surface area contributed by atoms with E-state index in [-0.39, 0.29) is 0 Å². The summed E-state index contributed by atoms with van der Waals surface area (Å²) in [6, 6.07) is 0. The molecule has 2 rings (SSSR count). The summed E-state index contributed by atoms with van der Waals surface area (Å²) >= 11 is 2.11. The molecule has 0 radical (unpaired) electrons. The fraction of sp³-hybridized carbons (Fsp3) is 1.00. The van der Waals surface area contributed by atoms with Crippen LogP contribution in [0.15, 0.2) is 0 Å². The van der Waals surface area contributed by atoms with Gasteiger partial charge in [-0.3, -0.25) is 0 Å². The molecule has 0 bridgehead atoms. The van der Waals surface area contributed by atoms with Crippen LogP contribution in [0.3, 0.4) is 0 Å². The van der Waals surface area contributed by atoms with Crippen LogP contribution < -0.4 is 0 Å². The first-order valence-corrected chi connectivity index (χ1v) is 6.56. The van der Waals surface area contributed by atoms with Crippen LogP contribution in [-0.2, 0) is 4.74 Å². The fourth-order valence-corrected chi connectivity index (χ4v) is 4.02. The van der Waals surface area contributed by atoms with Crippen LogP contribution in [0.25, 0.3) is 0 Å². The minimum absolute atomic E-state index is 0.537. The van der Waals surface area contributed by atoms with Crippen LogP contribution in [0.4, 0.5) is 0 Å². The fourth-order valence-electron chi connectivity index (χ4n) is 2.37. The zero-order chi connectivity index (χ0) is 9.10. The van der Waals surface area contributed by atoms with Crippen molar-refractivity contribution in [3.8, 4) is 0 Å². The van der Waals surface area contributed by atoms with E-state index in [2.05, 4.69) is 18.7 Å². The molecule has 0 aromatic carbocycles. The molecule has 0 spiro atoms. The Morgan fingerprint density at radius 2 is 2.08 bits per heavy atom. The molecule has 0 aromatic heterocycles. The predicted molar refractivity (Wildman–Crippen MR) is 58.0 cm³/mol. The molecule has 1 aliphatic carbocycles. The number of hydrogen-bond donors (Lipinski definition) is 0. The molecule has 0 aromatic rings. The van der Waals surface area contributed by atoms with Gasteiger partial charge in [-0.1, -0.05) is 19.8 Å². The minimum Gasteiger partial charge on any atom is -0.368 e. The first kappa shape index (κ1) is 9.85. The lowest BCUT2D eigenvalue weighted by molar-refractivity contribution is 0.172. The van der Waals surface area contributed by atoms with E-state index < -0.39 is 0 Å². The maximum Gasteiger partial charge on any atom is 0.103 e. The van der Waals surface area contributed by atoms with Gasteiger partial charge in [-0.15, -0.1) is 11.8 Å². The maximum atomic E-state index is 5.65. The highest BCUT2D eigenvalue weighted by Gasteiger charge is 2.24. The van der Waals surface area contributed by atoms with E-state index in [9.17, 15) is 0 Å². The second kappa shape index (κ2) is 4.70. The normalized spacial score (nSPS) is 40.8. The molecular weight excluding hydrogens is 180 g/mol. The van der Waals surface area contributed by atoms with Gasteiger partial charge in [0, 0.05) is 11.9 Å². The quantitative estimate of drug-likeness (QED) is 0.675. The van der Waals surface area contributed by atoms with Gasteiger partial charge >= 0.3 is 0 Å². The van der Waals surface area contributed by atoms with E-state index in [0.717, 1.165) is 17.8 Å². The van der Waals surface area contributed by atoms with Crippen molar-refractivity contribution in [2.24, 2.45) is 5.92 Å². The summed E-state index contributed by atoms with van der Waals surface area (Å²) < 4.78 is 5.65. The summed E-state index contributed by atoms with van der Waals surface area (Å²) in [4.78, 5) is 0. The Morgan fingerprint density at radius 1 is 1.15 bits per heavy atom. The third-order valence-electron chi connectivity index (χ3n) is 3.12. The van der Waals surface area contributed by atoms with Crippen LogP contribution in [0.1, 0.15) is 45.4 Å². The summed E-state index contributed by atoms with van der Waals surface area (Å²) in [6.45, 7) is 3.39. The van der Waals surface area contributed by atoms with Crippen LogP contribution in [0, 0.1) is 5.92 Å². The first-order valence-electron chi connectivity index (χ1n) is 5.61. The van der Waals surface area contributed by atoms with Crippen LogP contribution in [0.2, 0.25) is 0 Å². The number of hydrogen-bond acceptors (Lipinski definition) is 2. The molecule has 2 heteroatoms. The van der Waals surface area contributed by atoms with Gasteiger partial charge in [-0.05, 0) is 31.6 Å². The van der Waals surface area contributed by atoms with E-state index in [0.29, 0.717) is 5.44 Å². The second-order valence-corrected chi connectivity index (χ2v) is 5.94. The van der Waals surface area contributed by atoms with Gasteiger partial charge in [0.15, 0.2) is 0 Å². The Morgan fingerprint density at radius 3 is 2.77 bits per heavy atom. The second-order valence-electron chi connectivity index (χ2n) is 4.47. The van der Waals surface area contributed by atoms with E-state index >= 15 is 0 Å². The molecule has 3 unspecified atom stereocenters. The lowest BCUT2D eigenvalue weighted by Crippen LogP contribution is -2.18. The first-order chi connectivity index (χ1) is 6.34. The molecule has 76 valence electrons. The van der Waals surface area contributed by atoms with E-state index in [1.807, 2.05) is 0 Å². The Labute approximate surface area is 85.6 Å². The van der Waals surface area contributed by atoms with Gasteiger partial charge < -0.3 is 4.74 Å². The van der Waals surface area contributed by atoms with Gasteiger partial charge in [0.1, 0.15) is 5.44 Å². The molecule has 1 saturated heterocycles. The van der Waals surface area contributed by atoms with E-state index in [1.165, 1.54) is 38.5 Å². The lowest BCUT2D eigenvalue weighted by Gasteiger charge is -2.27. The van der Waals surface area contributed by atoms with Crippen molar-refractivity contribution in [2.75, 3.05) is 6.61 Å². The SMILES string of the molecule is CC1CCCC(SC2CCCO2)C1. The smallest absolute Gasteiger partial charge is 0.103 e. The number of thioether (sulfide) groups is 1. The standard InChI is InChI=1S/C11H20OS/c1-9-4-2-5-10(8-9)13-11-6-3-7-12-11/h9-11H,2-8H2,1H3. The van der Waals surface area contributed by atoms with Crippen LogP contribution >= 0.6 is 11.8 Å². The highest BCUT2D eigenvalue weighted by atomic mass is 32.2. The van der Waals surface area contributed by atoms with Crippen molar-refractivity contribution in [3.05, 3.63) is 0 Å². The average Bonchev–Trinajstić information content (AvgIpc) is 2.57. The topological polar surface area (TPSA) is 9.23 Å². The third kappa shape index (κ3) is 2.88. The molecule has 2 fully saturated rings. The Kier molecular flexibility index (Phi) is 3.56. The minimum atomic E-state index is 0.537. The van der Waals surface area contributed by atoms with Gasteiger partial charge in [0.2, 0.25) is 0 Å². The highest BCUT2D eigenvalue weighted by Crippen LogP contribution is 2.37. The van der Waals surface area contributed by atoms with Crippen molar-refractivity contribution >= 4 is 11.8 Å². The molecule has 13 heavy (non-hydrogen) atoms. The summed E-state index contributed by atoms with van der Waals surface area (Å²) in [7, 11) is 0. The maximum absolute atomic E-state index is 5.65. The molecule has 1 nitrogen and oxygen atoms in total. The van der Waals surface area contributed by atoms with Crippen molar-refractivity contribution in [1.82, 2.24) is 0 Å². The average molecular weight is 200 g/mol. The summed E-state index contributed by atoms with van der Waals surface area (Å²) in [6.07, 6.45) is 8.29. The van der Waals surface area contributed by atoms with Crippen molar-refractivity contribution in [3.63, 3.8) is 0 Å². The van der Waals surface area contributed by atoms with Crippen molar-refractivity contribution < 1.29 is 4.74 Å². The summed E-state index contributed by atoms with van der Waals surface area (Å²) in [5.41, 5.74) is 0.537. The Balaban J connectivity index is 1.73. The Hall–Kier alpha value is 0.310. The monoisotopic (exact) mass is 200 g/mol. The Bertz CT molecular complexity index is 154. The molecule has 0 N–H and O–H groups in total. The van der Waals surface area contributed by atoms with Gasteiger partial charge in [-0.2, -0.15) is 0 Å². The zero-order valence-corrected chi connectivity index (χ0v) is 9.31. The molecule has 1 heterocycles. The van der Waals surface area contributed by atoms with Crippen LogP contribution in [-0.4, -0.2) is 17.3 Å². The number of rotatable bonds is 2. The van der Waals surface area contributed by atoms with Gasteiger partial charge in [-0.25, -0.2) is 0 Å². The largest absolute Gasteiger partial charge is 0.368 e. The summed E-state index contributed by atoms with van der Waals surface area (Å²) in [5, 5.41) is 0.895. The van der Waals surface area contributed by atoms with Gasteiger partial charge in [0.05, 0.1) is 0 Å². The third-order valence-corrected chi connectivity index (χ3v) is 4.61. The zero-order valence-electron chi connectivity index (χ0n) is 8.50. The summed E-state index contributed by atoms with van der Waals surface area (Å²) in [5.74, 6) is 0.952. The highest BCUT2D eigenvalue weighted by molar-refractivity contribution is 8.00. The lowest BCUT2D eigenvalue weighted by atomic mass is 9.91. The molecule has 1 aliphatic heterocycles. The van der Waals surface area contributed by atoms with E-state index in [4.69, 9.17) is 4.74 Å². The molecule has 0 amide bonds.